The van der Waals surface area contributed by atoms with Crippen LogP contribution in [0.1, 0.15) is 19.4 Å². The van der Waals surface area contributed by atoms with Crippen molar-refractivity contribution < 1.29 is 4.79 Å². The van der Waals surface area contributed by atoms with Gasteiger partial charge in [-0.1, -0.05) is 30.7 Å². The molecule has 0 bridgehead atoms. The van der Waals surface area contributed by atoms with Crippen molar-refractivity contribution in [2.45, 2.75) is 20.3 Å². The fourth-order valence-electron chi connectivity index (χ4n) is 1.18. The smallest absolute Gasteiger partial charge is 0.221 e. The van der Waals surface area contributed by atoms with Crippen molar-refractivity contribution >= 4 is 23.2 Å². The molecule has 0 saturated carbocycles. The van der Waals surface area contributed by atoms with Crippen molar-refractivity contribution in [3.8, 4) is 0 Å². The van der Waals surface area contributed by atoms with E-state index in [-0.39, 0.29) is 5.91 Å². The van der Waals surface area contributed by atoms with Gasteiger partial charge in [0.1, 0.15) is 0 Å². The first-order valence-corrected chi connectivity index (χ1v) is 4.58. The van der Waals surface area contributed by atoms with E-state index < -0.39 is 0 Å². The minimum absolute atomic E-state index is 0.0946. The lowest BCUT2D eigenvalue weighted by Gasteiger charge is -2.09. The van der Waals surface area contributed by atoms with E-state index in [9.17, 15) is 4.79 Å². The van der Waals surface area contributed by atoms with Crippen molar-refractivity contribution in [3.05, 3.63) is 28.8 Å². The number of carbonyl (C=O) groups is 1. The summed E-state index contributed by atoms with van der Waals surface area (Å²) in [7, 11) is 0. The predicted molar refractivity (Wildman–Crippen MR) is 55.1 cm³/mol. The number of carbonyl (C=O) groups excluding carboxylic acids is 1. The van der Waals surface area contributed by atoms with Gasteiger partial charge in [0.2, 0.25) is 5.91 Å². The van der Waals surface area contributed by atoms with Crippen molar-refractivity contribution in [2.75, 3.05) is 5.32 Å². The Morgan fingerprint density at radius 2 is 2.23 bits per heavy atom. The van der Waals surface area contributed by atoms with Crippen molar-refractivity contribution in [1.29, 1.82) is 0 Å². The molecule has 0 aliphatic carbocycles. The minimum Gasteiger partial charge on any atom is -0.325 e. The molecule has 0 aliphatic rings. The second kappa shape index (κ2) is 4.28. The summed E-state index contributed by atoms with van der Waals surface area (Å²) in [5, 5.41) is 3.31. The summed E-state index contributed by atoms with van der Waals surface area (Å²) < 4.78 is 0. The lowest BCUT2D eigenvalue weighted by Crippen LogP contribution is -2.08. The van der Waals surface area contributed by atoms with Crippen LogP contribution in [0, 0.1) is 0 Å². The maximum atomic E-state index is 10.9. The molecule has 0 radical (unpaired) electrons. The third-order valence-corrected chi connectivity index (χ3v) is 2.10. The Labute approximate surface area is 82.9 Å². The first kappa shape index (κ1) is 10.1. The molecule has 13 heavy (non-hydrogen) atoms. The molecule has 0 heterocycles. The minimum atomic E-state index is -0.0946. The maximum Gasteiger partial charge on any atom is 0.221 e. The van der Waals surface area contributed by atoms with Crippen LogP contribution < -0.4 is 5.32 Å². The van der Waals surface area contributed by atoms with Gasteiger partial charge >= 0.3 is 0 Å². The number of nitrogens with one attached hydrogen (secondary N) is 1. The largest absolute Gasteiger partial charge is 0.325 e. The number of para-hydroxylation sites is 1. The van der Waals surface area contributed by atoms with Crippen molar-refractivity contribution in [2.24, 2.45) is 0 Å². The predicted octanol–water partition coefficient (Wildman–Crippen LogP) is 2.86. The number of anilines is 1. The molecule has 3 heteroatoms. The van der Waals surface area contributed by atoms with Crippen LogP contribution in [0.5, 0.6) is 0 Å². The van der Waals surface area contributed by atoms with Crippen LogP contribution in [0.25, 0.3) is 0 Å². The zero-order chi connectivity index (χ0) is 9.84. The number of halogens is 1. The van der Waals surface area contributed by atoms with Gasteiger partial charge in [0.25, 0.3) is 0 Å². The Kier molecular flexibility index (Phi) is 3.32. The lowest BCUT2D eigenvalue weighted by molar-refractivity contribution is -0.114. The second-order valence-electron chi connectivity index (χ2n) is 2.81. The van der Waals surface area contributed by atoms with Gasteiger partial charge in [0.05, 0.1) is 10.7 Å². The molecule has 0 spiro atoms. The molecular formula is C10H12ClNO. The Balaban J connectivity index is 3.07. The van der Waals surface area contributed by atoms with Gasteiger partial charge in [-0.25, -0.2) is 0 Å². The highest BCUT2D eigenvalue weighted by atomic mass is 35.5. The number of hydrogen-bond donors (Lipinski definition) is 1. The summed E-state index contributed by atoms with van der Waals surface area (Å²) in [5.74, 6) is -0.0946. The standard InChI is InChI=1S/C10H12ClNO/c1-3-8-5-4-6-9(11)10(8)12-7(2)13/h4-6H,3H2,1-2H3,(H,12,13). The SMILES string of the molecule is CCc1cccc(Cl)c1NC(C)=O. The quantitative estimate of drug-likeness (QED) is 0.776. The number of hydrogen-bond acceptors (Lipinski definition) is 1. The summed E-state index contributed by atoms with van der Waals surface area (Å²) in [4.78, 5) is 10.9. The average Bonchev–Trinajstić information content (AvgIpc) is 2.08. The van der Waals surface area contributed by atoms with Crippen LogP contribution in [-0.4, -0.2) is 5.91 Å². The molecule has 1 rings (SSSR count). The van der Waals surface area contributed by atoms with E-state index in [4.69, 9.17) is 11.6 Å². The monoisotopic (exact) mass is 197 g/mol. The van der Waals surface area contributed by atoms with Crippen LogP contribution in [-0.2, 0) is 11.2 Å². The zero-order valence-corrected chi connectivity index (χ0v) is 8.48. The van der Waals surface area contributed by atoms with E-state index in [1.165, 1.54) is 6.92 Å². The Morgan fingerprint density at radius 3 is 2.77 bits per heavy atom. The Morgan fingerprint density at radius 1 is 1.54 bits per heavy atom. The highest BCUT2D eigenvalue weighted by molar-refractivity contribution is 6.33. The van der Waals surface area contributed by atoms with Crippen LogP contribution in [0.2, 0.25) is 5.02 Å². The molecule has 0 saturated heterocycles. The zero-order valence-electron chi connectivity index (χ0n) is 7.73. The maximum absolute atomic E-state index is 10.9. The second-order valence-corrected chi connectivity index (χ2v) is 3.22. The fraction of sp³-hybridized carbons (Fsp3) is 0.300. The molecule has 1 N–H and O–H groups in total. The fourth-order valence-corrected chi connectivity index (χ4v) is 1.42. The molecule has 70 valence electrons. The molecule has 1 aromatic rings. The topological polar surface area (TPSA) is 29.1 Å². The van der Waals surface area contributed by atoms with E-state index >= 15 is 0 Å². The lowest BCUT2D eigenvalue weighted by atomic mass is 10.1. The summed E-state index contributed by atoms with van der Waals surface area (Å²) in [6, 6.07) is 5.61. The molecule has 1 amide bonds. The van der Waals surface area contributed by atoms with Crippen LogP contribution >= 0.6 is 11.6 Å². The molecule has 0 atom stereocenters. The summed E-state index contributed by atoms with van der Waals surface area (Å²) in [5.41, 5.74) is 1.79. The van der Waals surface area contributed by atoms with Gasteiger partial charge in [0, 0.05) is 6.92 Å². The van der Waals surface area contributed by atoms with E-state index in [0.717, 1.165) is 17.7 Å². The summed E-state index contributed by atoms with van der Waals surface area (Å²) in [6.07, 6.45) is 0.857. The molecule has 0 unspecified atom stereocenters. The van der Waals surface area contributed by atoms with Crippen LogP contribution in [0.15, 0.2) is 18.2 Å². The van der Waals surface area contributed by atoms with Crippen LogP contribution in [0.3, 0.4) is 0 Å². The molecule has 2 nitrogen and oxygen atoms in total. The number of benzene rings is 1. The number of amides is 1. The van der Waals surface area contributed by atoms with Gasteiger partial charge in [-0.05, 0) is 18.1 Å². The van der Waals surface area contributed by atoms with E-state index in [0.29, 0.717) is 5.02 Å². The molecule has 0 fully saturated rings. The molecule has 1 aromatic carbocycles. The average molecular weight is 198 g/mol. The van der Waals surface area contributed by atoms with Crippen molar-refractivity contribution in [3.63, 3.8) is 0 Å². The number of aryl methyl sites for hydroxylation is 1. The van der Waals surface area contributed by atoms with Gasteiger partial charge in [-0.2, -0.15) is 0 Å². The normalized spacial score (nSPS) is 9.77. The third kappa shape index (κ3) is 2.46. The van der Waals surface area contributed by atoms with E-state index in [2.05, 4.69) is 5.32 Å². The first-order chi connectivity index (χ1) is 6.15. The summed E-state index contributed by atoms with van der Waals surface area (Å²) in [6.45, 7) is 3.50. The van der Waals surface area contributed by atoms with E-state index in [1.807, 2.05) is 19.1 Å². The summed E-state index contributed by atoms with van der Waals surface area (Å²) >= 11 is 5.94. The molecule has 0 aliphatic heterocycles. The molecule has 0 aromatic heterocycles. The van der Waals surface area contributed by atoms with Gasteiger partial charge < -0.3 is 5.32 Å². The van der Waals surface area contributed by atoms with E-state index in [1.54, 1.807) is 6.07 Å². The third-order valence-electron chi connectivity index (χ3n) is 1.78. The van der Waals surface area contributed by atoms with Crippen molar-refractivity contribution in [1.82, 2.24) is 0 Å². The van der Waals surface area contributed by atoms with Crippen LogP contribution in [0.4, 0.5) is 5.69 Å². The highest BCUT2D eigenvalue weighted by Gasteiger charge is 2.05. The number of rotatable bonds is 2. The van der Waals surface area contributed by atoms with Gasteiger partial charge in [-0.3, -0.25) is 4.79 Å². The Bertz CT molecular complexity index is 323. The van der Waals surface area contributed by atoms with Gasteiger partial charge in [0.15, 0.2) is 0 Å². The Hall–Kier alpha value is -1.02. The highest BCUT2D eigenvalue weighted by Crippen LogP contribution is 2.26. The van der Waals surface area contributed by atoms with Gasteiger partial charge in [-0.15, -0.1) is 0 Å². The first-order valence-electron chi connectivity index (χ1n) is 4.20. The molecular weight excluding hydrogens is 186 g/mol.